The lowest BCUT2D eigenvalue weighted by Crippen LogP contribution is -2.52. The second kappa shape index (κ2) is 12.1. The molecule has 0 aliphatic heterocycles. The van der Waals surface area contributed by atoms with E-state index in [1.165, 1.54) is 6.42 Å². The molecule has 2 aromatic carbocycles. The summed E-state index contributed by atoms with van der Waals surface area (Å²) < 4.78 is 11.1. The van der Waals surface area contributed by atoms with Gasteiger partial charge in [0, 0.05) is 12.6 Å². The van der Waals surface area contributed by atoms with Crippen LogP contribution in [0.5, 0.6) is 11.5 Å². The molecule has 172 valence electrons. The Morgan fingerprint density at radius 1 is 1.00 bits per heavy atom. The van der Waals surface area contributed by atoms with E-state index in [1.807, 2.05) is 49.4 Å². The van der Waals surface area contributed by atoms with Crippen LogP contribution in [0.2, 0.25) is 0 Å². The molecule has 1 N–H and O–H groups in total. The Balaban J connectivity index is 1.74. The van der Waals surface area contributed by atoms with Crippen LogP contribution in [0.3, 0.4) is 0 Å². The molecule has 0 saturated heterocycles. The first-order chi connectivity index (χ1) is 15.6. The second-order valence-electron chi connectivity index (χ2n) is 8.21. The van der Waals surface area contributed by atoms with Crippen molar-refractivity contribution in [1.29, 1.82) is 0 Å². The van der Waals surface area contributed by atoms with Crippen molar-refractivity contribution >= 4 is 11.8 Å². The van der Waals surface area contributed by atoms with E-state index in [9.17, 15) is 9.59 Å². The number of amides is 2. The maximum absolute atomic E-state index is 13.3. The lowest BCUT2D eigenvalue weighted by Gasteiger charge is -2.32. The molecule has 0 heterocycles. The van der Waals surface area contributed by atoms with Gasteiger partial charge in [0.2, 0.25) is 5.91 Å². The molecule has 0 radical (unpaired) electrons. The largest absolute Gasteiger partial charge is 0.493 e. The fraction of sp³-hybridized carbons (Fsp3) is 0.462. The van der Waals surface area contributed by atoms with Gasteiger partial charge in [-0.15, -0.1) is 0 Å². The molecule has 1 saturated carbocycles. The molecular weight excluding hydrogens is 404 g/mol. The van der Waals surface area contributed by atoms with Crippen LogP contribution in [-0.2, 0) is 16.1 Å². The number of carbonyl (C=O) groups is 2. The van der Waals surface area contributed by atoms with Gasteiger partial charge in [-0.25, -0.2) is 0 Å². The Morgan fingerprint density at radius 3 is 2.31 bits per heavy atom. The summed E-state index contributed by atoms with van der Waals surface area (Å²) in [5.74, 6) is 0.756. The SMILES string of the molecule is CC[C@H](C(=O)NC1CCCCC1)N(Cc1ccccc1)C(=O)COc1ccccc1OC. The predicted octanol–water partition coefficient (Wildman–Crippen LogP) is 4.33. The molecule has 32 heavy (non-hydrogen) atoms. The summed E-state index contributed by atoms with van der Waals surface area (Å²) in [6, 6.07) is 16.6. The van der Waals surface area contributed by atoms with E-state index < -0.39 is 6.04 Å². The molecule has 6 heteroatoms. The van der Waals surface area contributed by atoms with Crippen LogP contribution in [0.1, 0.15) is 51.0 Å². The molecule has 3 rings (SSSR count). The van der Waals surface area contributed by atoms with Crippen LogP contribution in [0.15, 0.2) is 54.6 Å². The molecule has 2 amide bonds. The number of ether oxygens (including phenoxy) is 2. The monoisotopic (exact) mass is 438 g/mol. The van der Waals surface area contributed by atoms with Crippen molar-refractivity contribution in [2.75, 3.05) is 13.7 Å². The number of carbonyl (C=O) groups excluding carboxylic acids is 2. The van der Waals surface area contributed by atoms with E-state index in [4.69, 9.17) is 9.47 Å². The van der Waals surface area contributed by atoms with Crippen LogP contribution in [-0.4, -0.2) is 42.5 Å². The maximum Gasteiger partial charge on any atom is 0.261 e. The molecule has 1 atom stereocenters. The zero-order valence-electron chi connectivity index (χ0n) is 19.1. The van der Waals surface area contributed by atoms with Gasteiger partial charge < -0.3 is 19.7 Å². The molecule has 0 bridgehead atoms. The van der Waals surface area contributed by atoms with Crippen molar-refractivity contribution in [2.45, 2.75) is 64.1 Å². The highest BCUT2D eigenvalue weighted by Crippen LogP contribution is 2.26. The Morgan fingerprint density at radius 2 is 1.66 bits per heavy atom. The molecule has 0 unspecified atom stereocenters. The number of hydrogen-bond donors (Lipinski definition) is 1. The number of hydrogen-bond acceptors (Lipinski definition) is 4. The van der Waals surface area contributed by atoms with Crippen molar-refractivity contribution in [2.24, 2.45) is 0 Å². The first-order valence-electron chi connectivity index (χ1n) is 11.5. The second-order valence-corrected chi connectivity index (χ2v) is 8.21. The summed E-state index contributed by atoms with van der Waals surface area (Å²) in [5.41, 5.74) is 0.974. The molecule has 6 nitrogen and oxygen atoms in total. The highest BCUT2D eigenvalue weighted by molar-refractivity contribution is 5.88. The predicted molar refractivity (Wildman–Crippen MR) is 125 cm³/mol. The number of methoxy groups -OCH3 is 1. The standard InChI is InChI=1S/C26H34N2O4/c1-3-22(26(30)27-21-14-8-5-9-15-21)28(18-20-12-6-4-7-13-20)25(29)19-32-24-17-11-10-16-23(24)31-2/h4,6-7,10-13,16-17,21-22H,3,5,8-9,14-15,18-19H2,1-2H3,(H,27,30)/t22-/m1/s1. The normalized spacial score (nSPS) is 14.9. The van der Waals surface area contributed by atoms with Gasteiger partial charge in [-0.05, 0) is 37.0 Å². The maximum atomic E-state index is 13.3. The van der Waals surface area contributed by atoms with Gasteiger partial charge in [0.25, 0.3) is 5.91 Å². The van der Waals surface area contributed by atoms with Gasteiger partial charge in [-0.2, -0.15) is 0 Å². The third-order valence-electron chi connectivity index (χ3n) is 5.95. The molecule has 1 aliphatic rings. The fourth-order valence-corrected chi connectivity index (χ4v) is 4.20. The summed E-state index contributed by atoms with van der Waals surface area (Å²) in [7, 11) is 1.56. The molecule has 2 aromatic rings. The van der Waals surface area contributed by atoms with Crippen molar-refractivity contribution < 1.29 is 19.1 Å². The lowest BCUT2D eigenvalue weighted by atomic mass is 9.95. The Kier molecular flexibility index (Phi) is 8.96. The summed E-state index contributed by atoms with van der Waals surface area (Å²) in [6.07, 6.45) is 6.05. The first kappa shape index (κ1) is 23.6. The van der Waals surface area contributed by atoms with Crippen LogP contribution in [0.4, 0.5) is 0 Å². The zero-order valence-corrected chi connectivity index (χ0v) is 19.1. The van der Waals surface area contributed by atoms with Crippen molar-refractivity contribution in [3.8, 4) is 11.5 Å². The third-order valence-corrected chi connectivity index (χ3v) is 5.95. The van der Waals surface area contributed by atoms with E-state index in [-0.39, 0.29) is 24.5 Å². The highest BCUT2D eigenvalue weighted by Gasteiger charge is 2.30. The van der Waals surface area contributed by atoms with E-state index in [0.717, 1.165) is 31.2 Å². The first-order valence-corrected chi connectivity index (χ1v) is 11.5. The van der Waals surface area contributed by atoms with Crippen LogP contribution in [0, 0.1) is 0 Å². The van der Waals surface area contributed by atoms with Gasteiger partial charge in [-0.1, -0.05) is 68.7 Å². The van der Waals surface area contributed by atoms with Gasteiger partial charge in [0.15, 0.2) is 18.1 Å². The number of rotatable bonds is 10. The minimum Gasteiger partial charge on any atom is -0.493 e. The Hall–Kier alpha value is -3.02. The van der Waals surface area contributed by atoms with Crippen molar-refractivity contribution in [3.63, 3.8) is 0 Å². The lowest BCUT2D eigenvalue weighted by molar-refractivity contribution is -0.143. The zero-order chi connectivity index (χ0) is 22.8. The molecule has 0 aromatic heterocycles. The van der Waals surface area contributed by atoms with E-state index in [0.29, 0.717) is 24.5 Å². The number of nitrogens with one attached hydrogen (secondary N) is 1. The van der Waals surface area contributed by atoms with Gasteiger partial charge in [-0.3, -0.25) is 9.59 Å². The van der Waals surface area contributed by atoms with Gasteiger partial charge >= 0.3 is 0 Å². The minimum atomic E-state index is -0.550. The smallest absolute Gasteiger partial charge is 0.261 e. The third kappa shape index (κ3) is 6.49. The van der Waals surface area contributed by atoms with E-state index in [2.05, 4.69) is 5.32 Å². The Labute approximate surface area is 190 Å². The van der Waals surface area contributed by atoms with Crippen molar-refractivity contribution in [3.05, 3.63) is 60.2 Å². The van der Waals surface area contributed by atoms with Gasteiger partial charge in [0.05, 0.1) is 7.11 Å². The summed E-state index contributed by atoms with van der Waals surface area (Å²) >= 11 is 0. The van der Waals surface area contributed by atoms with Crippen molar-refractivity contribution in [1.82, 2.24) is 10.2 Å². The molecular formula is C26H34N2O4. The Bertz CT molecular complexity index is 865. The summed E-state index contributed by atoms with van der Waals surface area (Å²) in [6.45, 7) is 2.13. The van der Waals surface area contributed by atoms with Gasteiger partial charge in [0.1, 0.15) is 6.04 Å². The molecule has 1 aliphatic carbocycles. The highest BCUT2D eigenvalue weighted by atomic mass is 16.5. The number of para-hydroxylation sites is 2. The van der Waals surface area contributed by atoms with E-state index >= 15 is 0 Å². The summed E-state index contributed by atoms with van der Waals surface area (Å²) in [5, 5.41) is 3.19. The van der Waals surface area contributed by atoms with Crippen LogP contribution < -0.4 is 14.8 Å². The summed E-state index contributed by atoms with van der Waals surface area (Å²) in [4.78, 5) is 28.1. The average molecular weight is 439 g/mol. The topological polar surface area (TPSA) is 67.9 Å². The van der Waals surface area contributed by atoms with E-state index in [1.54, 1.807) is 24.1 Å². The average Bonchev–Trinajstić information content (AvgIpc) is 2.83. The fourth-order valence-electron chi connectivity index (χ4n) is 4.20. The number of nitrogens with zero attached hydrogens (tertiary/aromatic N) is 1. The molecule has 0 spiro atoms. The van der Waals surface area contributed by atoms with Crippen LogP contribution in [0.25, 0.3) is 0 Å². The van der Waals surface area contributed by atoms with Crippen LogP contribution >= 0.6 is 0 Å². The minimum absolute atomic E-state index is 0.0824. The quantitative estimate of drug-likeness (QED) is 0.600. The number of benzene rings is 2. The molecule has 1 fully saturated rings.